The Labute approximate surface area is 136 Å². The van der Waals surface area contributed by atoms with Crippen LogP contribution >= 0.6 is 0 Å². The van der Waals surface area contributed by atoms with Crippen molar-refractivity contribution < 1.29 is 9.47 Å². The molecule has 0 saturated heterocycles. The normalized spacial score (nSPS) is 11.1. The first-order chi connectivity index (χ1) is 11.2. The average molecular weight is 310 g/mol. The maximum Gasteiger partial charge on any atom is 0.148 e. The number of methoxy groups -OCH3 is 1. The number of rotatable bonds is 6. The molecule has 1 aromatic heterocycles. The van der Waals surface area contributed by atoms with Gasteiger partial charge in [-0.3, -0.25) is 0 Å². The molecule has 4 nitrogen and oxygen atoms in total. The number of imidazole rings is 1. The predicted octanol–water partition coefficient (Wildman–Crippen LogP) is 4.28. The van der Waals surface area contributed by atoms with Crippen LogP contribution in [0.4, 0.5) is 0 Å². The van der Waals surface area contributed by atoms with Gasteiger partial charge in [-0.2, -0.15) is 0 Å². The molecule has 3 aromatic rings. The van der Waals surface area contributed by atoms with Gasteiger partial charge in [-0.1, -0.05) is 32.0 Å². The van der Waals surface area contributed by atoms with Crippen molar-refractivity contribution in [1.29, 1.82) is 0 Å². The van der Waals surface area contributed by atoms with E-state index in [2.05, 4.69) is 24.5 Å². The monoisotopic (exact) mass is 310 g/mol. The van der Waals surface area contributed by atoms with Gasteiger partial charge < -0.3 is 14.0 Å². The summed E-state index contributed by atoms with van der Waals surface area (Å²) < 4.78 is 13.4. The van der Waals surface area contributed by atoms with Crippen molar-refractivity contribution >= 4 is 11.0 Å². The van der Waals surface area contributed by atoms with Crippen LogP contribution < -0.4 is 9.47 Å². The van der Waals surface area contributed by atoms with Crippen molar-refractivity contribution in [3.63, 3.8) is 0 Å². The highest BCUT2D eigenvalue weighted by molar-refractivity contribution is 5.75. The van der Waals surface area contributed by atoms with E-state index in [1.807, 2.05) is 42.5 Å². The molecule has 4 heteroatoms. The van der Waals surface area contributed by atoms with E-state index < -0.39 is 0 Å². The number of nitrogens with zero attached hydrogens (tertiary/aromatic N) is 2. The van der Waals surface area contributed by atoms with Crippen LogP contribution in [0.3, 0.4) is 0 Å². The fourth-order valence-electron chi connectivity index (χ4n) is 2.64. The quantitative estimate of drug-likeness (QED) is 0.682. The topological polar surface area (TPSA) is 36.3 Å². The Balaban J connectivity index is 1.86. The molecule has 1 heterocycles. The predicted molar refractivity (Wildman–Crippen MR) is 91.9 cm³/mol. The van der Waals surface area contributed by atoms with Crippen molar-refractivity contribution in [2.75, 3.05) is 7.11 Å². The first-order valence-corrected chi connectivity index (χ1v) is 7.88. The minimum absolute atomic E-state index is 0.439. The van der Waals surface area contributed by atoms with Gasteiger partial charge in [-0.25, -0.2) is 4.98 Å². The minimum Gasteiger partial charge on any atom is -0.497 e. The van der Waals surface area contributed by atoms with Gasteiger partial charge in [0.2, 0.25) is 0 Å². The SMILES string of the molecule is COc1cccc(OCc2nc3ccccc3n2CC(C)C)c1. The minimum atomic E-state index is 0.439. The molecule has 0 bridgehead atoms. The highest BCUT2D eigenvalue weighted by atomic mass is 16.5. The van der Waals surface area contributed by atoms with E-state index in [0.29, 0.717) is 12.5 Å². The van der Waals surface area contributed by atoms with E-state index >= 15 is 0 Å². The summed E-state index contributed by atoms with van der Waals surface area (Å²) in [6.07, 6.45) is 0. The van der Waals surface area contributed by atoms with Gasteiger partial charge in [-0.15, -0.1) is 0 Å². The largest absolute Gasteiger partial charge is 0.497 e. The van der Waals surface area contributed by atoms with Crippen molar-refractivity contribution in [3.05, 3.63) is 54.4 Å². The first kappa shape index (κ1) is 15.4. The summed E-state index contributed by atoms with van der Waals surface area (Å²) >= 11 is 0. The molecular formula is C19H22N2O2. The molecular weight excluding hydrogens is 288 g/mol. The van der Waals surface area contributed by atoms with Gasteiger partial charge in [0.15, 0.2) is 0 Å². The fourth-order valence-corrected chi connectivity index (χ4v) is 2.64. The third kappa shape index (κ3) is 3.47. The molecule has 23 heavy (non-hydrogen) atoms. The molecule has 0 aliphatic carbocycles. The summed E-state index contributed by atoms with van der Waals surface area (Å²) in [5.74, 6) is 3.07. The van der Waals surface area contributed by atoms with E-state index in [1.165, 1.54) is 0 Å². The van der Waals surface area contributed by atoms with Crippen LogP contribution in [-0.2, 0) is 13.2 Å². The number of fused-ring (bicyclic) bond motifs is 1. The second-order valence-electron chi connectivity index (χ2n) is 5.99. The lowest BCUT2D eigenvalue weighted by atomic mass is 10.2. The fraction of sp³-hybridized carbons (Fsp3) is 0.316. The van der Waals surface area contributed by atoms with Crippen LogP contribution in [0, 0.1) is 5.92 Å². The molecule has 0 aliphatic heterocycles. The van der Waals surface area contributed by atoms with Crippen LogP contribution in [0.15, 0.2) is 48.5 Å². The molecule has 0 atom stereocenters. The highest BCUT2D eigenvalue weighted by Gasteiger charge is 2.12. The molecule has 120 valence electrons. The van der Waals surface area contributed by atoms with Crippen LogP contribution in [0.5, 0.6) is 11.5 Å². The Kier molecular flexibility index (Phi) is 4.51. The number of benzene rings is 2. The number of ether oxygens (including phenoxy) is 2. The molecule has 2 aromatic carbocycles. The zero-order valence-electron chi connectivity index (χ0n) is 13.8. The van der Waals surface area contributed by atoms with Gasteiger partial charge >= 0.3 is 0 Å². The summed E-state index contributed by atoms with van der Waals surface area (Å²) in [6, 6.07) is 15.9. The van der Waals surface area contributed by atoms with Gasteiger partial charge in [0.25, 0.3) is 0 Å². The Bertz CT molecular complexity index is 793. The summed E-state index contributed by atoms with van der Waals surface area (Å²) in [5, 5.41) is 0. The van der Waals surface area contributed by atoms with Crippen molar-refractivity contribution in [3.8, 4) is 11.5 Å². The molecule has 0 spiro atoms. The molecule has 0 aliphatic rings. The third-order valence-electron chi connectivity index (χ3n) is 3.69. The summed E-state index contributed by atoms with van der Waals surface area (Å²) in [7, 11) is 1.65. The van der Waals surface area contributed by atoms with Crippen LogP contribution in [-0.4, -0.2) is 16.7 Å². The Morgan fingerprint density at radius 3 is 2.61 bits per heavy atom. The van der Waals surface area contributed by atoms with E-state index in [4.69, 9.17) is 14.5 Å². The zero-order chi connectivity index (χ0) is 16.2. The van der Waals surface area contributed by atoms with Gasteiger partial charge in [-0.05, 0) is 30.2 Å². The Morgan fingerprint density at radius 2 is 1.83 bits per heavy atom. The van der Waals surface area contributed by atoms with Crippen LogP contribution in [0.25, 0.3) is 11.0 Å². The second kappa shape index (κ2) is 6.73. The van der Waals surface area contributed by atoms with Crippen molar-refractivity contribution in [2.45, 2.75) is 27.0 Å². The molecule has 0 unspecified atom stereocenters. The van der Waals surface area contributed by atoms with Crippen LogP contribution in [0.1, 0.15) is 19.7 Å². The second-order valence-corrected chi connectivity index (χ2v) is 5.99. The number of aromatic nitrogens is 2. The summed E-state index contributed by atoms with van der Waals surface area (Å²) in [4.78, 5) is 4.73. The van der Waals surface area contributed by atoms with Crippen LogP contribution in [0.2, 0.25) is 0 Å². The Morgan fingerprint density at radius 1 is 1.04 bits per heavy atom. The van der Waals surface area contributed by atoms with E-state index in [1.54, 1.807) is 7.11 Å². The van der Waals surface area contributed by atoms with Gasteiger partial charge in [0.05, 0.1) is 18.1 Å². The van der Waals surface area contributed by atoms with E-state index in [9.17, 15) is 0 Å². The lowest BCUT2D eigenvalue weighted by Crippen LogP contribution is -2.11. The lowest BCUT2D eigenvalue weighted by molar-refractivity contribution is 0.285. The molecule has 0 radical (unpaired) electrons. The standard InChI is InChI=1S/C19H22N2O2/c1-14(2)12-21-18-10-5-4-9-17(18)20-19(21)13-23-16-8-6-7-15(11-16)22-3/h4-11,14H,12-13H2,1-3H3. The van der Waals surface area contributed by atoms with Gasteiger partial charge in [0, 0.05) is 12.6 Å². The first-order valence-electron chi connectivity index (χ1n) is 7.88. The molecule has 0 fully saturated rings. The average Bonchev–Trinajstić information content (AvgIpc) is 2.90. The summed E-state index contributed by atoms with van der Waals surface area (Å²) in [5.41, 5.74) is 2.17. The highest BCUT2D eigenvalue weighted by Crippen LogP contribution is 2.22. The molecule has 0 N–H and O–H groups in total. The number of hydrogen-bond acceptors (Lipinski definition) is 3. The number of hydrogen-bond donors (Lipinski definition) is 0. The van der Waals surface area contributed by atoms with E-state index in [0.717, 1.165) is 34.9 Å². The lowest BCUT2D eigenvalue weighted by Gasteiger charge is -2.13. The molecule has 3 rings (SSSR count). The number of para-hydroxylation sites is 2. The maximum absolute atomic E-state index is 5.92. The molecule has 0 amide bonds. The Hall–Kier alpha value is -2.49. The zero-order valence-corrected chi connectivity index (χ0v) is 13.8. The van der Waals surface area contributed by atoms with Crippen molar-refractivity contribution in [2.24, 2.45) is 5.92 Å². The van der Waals surface area contributed by atoms with Crippen molar-refractivity contribution in [1.82, 2.24) is 9.55 Å². The summed E-state index contributed by atoms with van der Waals surface area (Å²) in [6.45, 7) is 5.79. The maximum atomic E-state index is 5.92. The molecule has 0 saturated carbocycles. The van der Waals surface area contributed by atoms with E-state index in [-0.39, 0.29) is 0 Å². The third-order valence-corrected chi connectivity index (χ3v) is 3.69. The van der Waals surface area contributed by atoms with Gasteiger partial charge in [0.1, 0.15) is 23.9 Å². The smallest absolute Gasteiger partial charge is 0.148 e.